The first-order valence-electron chi connectivity index (χ1n) is 9.22. The Morgan fingerprint density at radius 3 is 2.77 bits per heavy atom. The summed E-state index contributed by atoms with van der Waals surface area (Å²) in [6.45, 7) is 4.45. The Balaban J connectivity index is 0.00000243. The Morgan fingerprint density at radius 1 is 1.27 bits per heavy atom. The van der Waals surface area contributed by atoms with Gasteiger partial charge in [-0.25, -0.2) is 0 Å². The number of hydrogen-bond acceptors (Lipinski definition) is 4. The smallest absolute Gasteiger partial charge is 0.191 e. The van der Waals surface area contributed by atoms with Crippen LogP contribution in [0.5, 0.6) is 5.75 Å². The van der Waals surface area contributed by atoms with Crippen LogP contribution in [0.1, 0.15) is 18.4 Å². The van der Waals surface area contributed by atoms with Crippen LogP contribution in [0.4, 0.5) is 0 Å². The van der Waals surface area contributed by atoms with Gasteiger partial charge in [0.1, 0.15) is 11.9 Å². The highest BCUT2D eigenvalue weighted by atomic mass is 127. The Kier molecular flexibility index (Phi) is 8.94. The number of nitrogens with zero attached hydrogens (tertiary/aromatic N) is 2. The van der Waals surface area contributed by atoms with E-state index in [9.17, 15) is 0 Å². The van der Waals surface area contributed by atoms with Gasteiger partial charge in [0, 0.05) is 46.3 Å². The van der Waals surface area contributed by atoms with Crippen molar-refractivity contribution in [3.63, 3.8) is 0 Å². The molecule has 1 unspecified atom stereocenters. The van der Waals surface area contributed by atoms with Crippen molar-refractivity contribution in [1.82, 2.24) is 15.5 Å². The first-order chi connectivity index (χ1) is 12.3. The molecule has 1 aromatic carbocycles. The van der Waals surface area contributed by atoms with Crippen molar-refractivity contribution in [3.8, 4) is 5.75 Å². The second-order valence-electron chi connectivity index (χ2n) is 6.69. The lowest BCUT2D eigenvalue weighted by Gasteiger charge is -2.22. The summed E-state index contributed by atoms with van der Waals surface area (Å²) in [6.07, 6.45) is 3.75. The maximum absolute atomic E-state index is 5.96. The fraction of sp³-hybridized carbons (Fsp3) is 0.632. The molecule has 7 heteroatoms. The minimum absolute atomic E-state index is 0. The van der Waals surface area contributed by atoms with Crippen molar-refractivity contribution in [1.29, 1.82) is 0 Å². The molecule has 0 bridgehead atoms. The molecule has 0 amide bonds. The largest absolute Gasteiger partial charge is 0.488 e. The maximum atomic E-state index is 5.96. The summed E-state index contributed by atoms with van der Waals surface area (Å²) >= 11 is 0. The zero-order valence-electron chi connectivity index (χ0n) is 15.7. The number of ether oxygens (including phenoxy) is 2. The average Bonchev–Trinajstić information content (AvgIpc) is 3.39. The van der Waals surface area contributed by atoms with E-state index >= 15 is 0 Å². The van der Waals surface area contributed by atoms with E-state index in [1.54, 1.807) is 7.11 Å². The van der Waals surface area contributed by atoms with E-state index in [4.69, 9.17) is 9.47 Å². The van der Waals surface area contributed by atoms with E-state index in [1.807, 2.05) is 19.2 Å². The third-order valence-electron chi connectivity index (χ3n) is 4.77. The summed E-state index contributed by atoms with van der Waals surface area (Å²) in [7, 11) is 3.57. The molecule has 26 heavy (non-hydrogen) atoms. The number of methoxy groups -OCH3 is 1. The minimum Gasteiger partial charge on any atom is -0.488 e. The molecule has 0 radical (unpaired) electrons. The summed E-state index contributed by atoms with van der Waals surface area (Å²) in [6, 6.07) is 9.00. The zero-order valence-corrected chi connectivity index (χ0v) is 18.1. The predicted molar refractivity (Wildman–Crippen MR) is 116 cm³/mol. The highest BCUT2D eigenvalue weighted by Crippen LogP contribution is 2.27. The number of hydrogen-bond donors (Lipinski definition) is 2. The Hall–Kier alpha value is -1.06. The molecule has 0 spiro atoms. The lowest BCUT2D eigenvalue weighted by molar-refractivity contribution is 0.144. The summed E-state index contributed by atoms with van der Waals surface area (Å²) < 4.78 is 11.2. The second kappa shape index (κ2) is 10.9. The standard InChI is InChI=1S/C19H30N4O2.HI/c1-20-19(21-9-10-23(11-12-24-2)16-7-8-16)22-14-17-13-15-5-3-4-6-18(15)25-17;/h3-6,16-17H,7-14H2,1-2H3,(H2,20,21,22);1H. The lowest BCUT2D eigenvalue weighted by atomic mass is 10.1. The van der Waals surface area contributed by atoms with Crippen LogP contribution in [0.3, 0.4) is 0 Å². The Bertz CT molecular complexity index is 555. The van der Waals surface area contributed by atoms with Crippen molar-refractivity contribution in [2.24, 2.45) is 4.99 Å². The van der Waals surface area contributed by atoms with E-state index in [0.29, 0.717) is 0 Å². The number of rotatable bonds is 9. The van der Waals surface area contributed by atoms with E-state index in [2.05, 4.69) is 32.7 Å². The van der Waals surface area contributed by atoms with Crippen LogP contribution in [-0.4, -0.2) is 69.9 Å². The highest BCUT2D eigenvalue weighted by Gasteiger charge is 2.28. The van der Waals surface area contributed by atoms with Crippen molar-refractivity contribution >= 4 is 29.9 Å². The predicted octanol–water partition coefficient (Wildman–Crippen LogP) is 1.88. The van der Waals surface area contributed by atoms with Crippen LogP contribution >= 0.6 is 24.0 Å². The van der Waals surface area contributed by atoms with Crippen LogP contribution in [0.15, 0.2) is 29.3 Å². The SMILES string of the molecule is CN=C(NCCN(CCOC)C1CC1)NCC1Cc2ccccc2O1.I. The number of guanidine groups is 1. The Labute approximate surface area is 173 Å². The first kappa shape index (κ1) is 21.2. The number of fused-ring (bicyclic) bond motifs is 1. The van der Waals surface area contributed by atoms with Crippen LogP contribution in [0.25, 0.3) is 0 Å². The molecule has 1 saturated carbocycles. The van der Waals surface area contributed by atoms with Crippen LogP contribution in [0.2, 0.25) is 0 Å². The monoisotopic (exact) mass is 474 g/mol. The molecule has 1 fully saturated rings. The molecule has 2 aliphatic rings. The number of halogens is 1. The van der Waals surface area contributed by atoms with Gasteiger partial charge in [-0.1, -0.05) is 18.2 Å². The molecule has 146 valence electrons. The van der Waals surface area contributed by atoms with Gasteiger partial charge in [0.25, 0.3) is 0 Å². The molecular weight excluding hydrogens is 443 g/mol. The summed E-state index contributed by atoms with van der Waals surface area (Å²) in [4.78, 5) is 6.81. The van der Waals surface area contributed by atoms with Gasteiger partial charge in [-0.15, -0.1) is 24.0 Å². The summed E-state index contributed by atoms with van der Waals surface area (Å²) in [5, 5.41) is 6.78. The molecule has 1 aliphatic heterocycles. The normalized spacial score (nSPS) is 18.9. The third kappa shape index (κ3) is 6.28. The number of benzene rings is 1. The molecular formula is C19H31IN4O2. The summed E-state index contributed by atoms with van der Waals surface area (Å²) in [5.74, 6) is 1.84. The minimum atomic E-state index is 0. The van der Waals surface area contributed by atoms with Gasteiger partial charge in [-0.3, -0.25) is 9.89 Å². The van der Waals surface area contributed by atoms with Gasteiger partial charge in [0.2, 0.25) is 0 Å². The maximum Gasteiger partial charge on any atom is 0.191 e. The molecule has 1 aliphatic carbocycles. The molecule has 0 saturated heterocycles. The fourth-order valence-electron chi connectivity index (χ4n) is 3.24. The zero-order chi connectivity index (χ0) is 17.5. The van der Waals surface area contributed by atoms with Crippen molar-refractivity contribution in [2.75, 3.05) is 46.9 Å². The number of aliphatic imine (C=N–C) groups is 1. The van der Waals surface area contributed by atoms with E-state index in [1.165, 1.54) is 18.4 Å². The van der Waals surface area contributed by atoms with Gasteiger partial charge in [-0.05, 0) is 24.5 Å². The van der Waals surface area contributed by atoms with E-state index in [-0.39, 0.29) is 30.1 Å². The van der Waals surface area contributed by atoms with Gasteiger partial charge in [0.05, 0.1) is 13.2 Å². The van der Waals surface area contributed by atoms with Crippen LogP contribution in [0, 0.1) is 0 Å². The fourth-order valence-corrected chi connectivity index (χ4v) is 3.24. The first-order valence-corrected chi connectivity index (χ1v) is 9.22. The average molecular weight is 474 g/mol. The molecule has 2 N–H and O–H groups in total. The van der Waals surface area contributed by atoms with E-state index < -0.39 is 0 Å². The van der Waals surface area contributed by atoms with Crippen LogP contribution < -0.4 is 15.4 Å². The Morgan fingerprint density at radius 2 is 2.08 bits per heavy atom. The molecule has 3 rings (SSSR count). The van der Waals surface area contributed by atoms with Gasteiger partial charge < -0.3 is 20.1 Å². The van der Waals surface area contributed by atoms with Gasteiger partial charge in [-0.2, -0.15) is 0 Å². The highest BCUT2D eigenvalue weighted by molar-refractivity contribution is 14.0. The van der Waals surface area contributed by atoms with Crippen molar-refractivity contribution < 1.29 is 9.47 Å². The van der Waals surface area contributed by atoms with Gasteiger partial charge in [0.15, 0.2) is 5.96 Å². The van der Waals surface area contributed by atoms with Crippen molar-refractivity contribution in [3.05, 3.63) is 29.8 Å². The second-order valence-corrected chi connectivity index (χ2v) is 6.69. The molecule has 1 aromatic rings. The van der Waals surface area contributed by atoms with Gasteiger partial charge >= 0.3 is 0 Å². The topological polar surface area (TPSA) is 58.1 Å². The molecule has 6 nitrogen and oxygen atoms in total. The molecule has 1 heterocycles. The number of nitrogens with one attached hydrogen (secondary N) is 2. The molecule has 0 aromatic heterocycles. The van der Waals surface area contributed by atoms with Crippen molar-refractivity contribution in [2.45, 2.75) is 31.4 Å². The third-order valence-corrected chi connectivity index (χ3v) is 4.77. The van der Waals surface area contributed by atoms with E-state index in [0.717, 1.165) is 57.0 Å². The number of para-hydroxylation sites is 1. The lowest BCUT2D eigenvalue weighted by Crippen LogP contribution is -2.45. The quantitative estimate of drug-likeness (QED) is 0.325. The van der Waals surface area contributed by atoms with Crippen LogP contribution in [-0.2, 0) is 11.2 Å². The summed E-state index contributed by atoms with van der Waals surface area (Å²) in [5.41, 5.74) is 1.29. The molecule has 1 atom stereocenters.